The van der Waals surface area contributed by atoms with Crippen molar-refractivity contribution in [1.29, 1.82) is 21.0 Å². The number of nitriles is 4. The van der Waals surface area contributed by atoms with Gasteiger partial charge in [0.15, 0.2) is 0 Å². The number of hydrogen-bond donors (Lipinski definition) is 2. The molecule has 0 saturated heterocycles. The lowest BCUT2D eigenvalue weighted by atomic mass is 9.99. The van der Waals surface area contributed by atoms with E-state index in [1.807, 2.05) is 38.1 Å². The van der Waals surface area contributed by atoms with Gasteiger partial charge in [-0.15, -0.1) is 0 Å². The van der Waals surface area contributed by atoms with Crippen molar-refractivity contribution < 1.29 is 10.2 Å². The van der Waals surface area contributed by atoms with E-state index in [0.717, 1.165) is 23.3 Å². The molecule has 0 aliphatic heterocycles. The van der Waals surface area contributed by atoms with Crippen molar-refractivity contribution in [2.24, 2.45) is 0 Å². The molecule has 0 saturated carbocycles. The Morgan fingerprint density at radius 1 is 0.583 bits per heavy atom. The van der Waals surface area contributed by atoms with E-state index in [1.54, 1.807) is 12.1 Å². The van der Waals surface area contributed by atoms with Gasteiger partial charge in [0.25, 0.3) is 0 Å². The molecule has 0 amide bonds. The highest BCUT2D eigenvalue weighted by molar-refractivity contribution is 5.59. The fourth-order valence-electron chi connectivity index (χ4n) is 1.91. The van der Waals surface area contributed by atoms with Gasteiger partial charge in [-0.1, -0.05) is 12.1 Å². The molecule has 24 heavy (non-hydrogen) atoms. The van der Waals surface area contributed by atoms with Gasteiger partial charge in [-0.3, -0.25) is 0 Å². The third-order valence-electron chi connectivity index (χ3n) is 3.23. The molecule has 2 rings (SSSR count). The van der Waals surface area contributed by atoms with Crippen molar-refractivity contribution >= 4 is 0 Å². The van der Waals surface area contributed by atoms with Crippen molar-refractivity contribution in [3.8, 4) is 35.8 Å². The van der Waals surface area contributed by atoms with E-state index in [4.69, 9.17) is 31.3 Å². The smallest absolute Gasteiger partial charge is 0.134 e. The van der Waals surface area contributed by atoms with E-state index in [2.05, 4.69) is 0 Å². The highest BCUT2D eigenvalue weighted by Gasteiger charge is 2.11. The van der Waals surface area contributed by atoms with Crippen LogP contribution < -0.4 is 0 Å². The van der Waals surface area contributed by atoms with Crippen LogP contribution in [0.5, 0.6) is 11.5 Å². The minimum absolute atomic E-state index is 0.197. The Morgan fingerprint density at radius 3 is 1.12 bits per heavy atom. The molecule has 2 N–H and O–H groups in total. The third kappa shape index (κ3) is 3.60. The number of phenolic OH excluding ortho intramolecular Hbond substituents is 2. The van der Waals surface area contributed by atoms with Crippen LogP contribution in [0.2, 0.25) is 0 Å². The van der Waals surface area contributed by atoms with Gasteiger partial charge in [-0.25, -0.2) is 0 Å². The zero-order chi connectivity index (χ0) is 18.3. The summed E-state index contributed by atoms with van der Waals surface area (Å²) >= 11 is 0. The number of phenols is 2. The van der Waals surface area contributed by atoms with Crippen LogP contribution in [0.25, 0.3) is 0 Å². The molecule has 2 aromatic rings. The Balaban J connectivity index is 0.000000240. The first kappa shape index (κ1) is 18.1. The Hall–Kier alpha value is -4.00. The van der Waals surface area contributed by atoms with Crippen LogP contribution in [0.15, 0.2) is 24.3 Å². The monoisotopic (exact) mass is 316 g/mol. The van der Waals surface area contributed by atoms with E-state index in [9.17, 15) is 0 Å². The largest absolute Gasteiger partial charge is 0.507 e. The van der Waals surface area contributed by atoms with Gasteiger partial charge in [0.05, 0.1) is 11.1 Å². The summed E-state index contributed by atoms with van der Waals surface area (Å²) in [6, 6.07) is 13.3. The molecule has 0 spiro atoms. The van der Waals surface area contributed by atoms with Gasteiger partial charge >= 0.3 is 0 Å². The van der Waals surface area contributed by atoms with E-state index in [0.29, 0.717) is 11.1 Å². The predicted molar refractivity (Wildman–Crippen MR) is 84.5 cm³/mol. The molecule has 0 radical (unpaired) electrons. The molecular formula is C18H12N4O2. The zero-order valence-electron chi connectivity index (χ0n) is 13.0. The Kier molecular flexibility index (Phi) is 5.91. The van der Waals surface area contributed by atoms with Crippen molar-refractivity contribution in [3.05, 3.63) is 57.6 Å². The number of rotatable bonds is 0. The topological polar surface area (TPSA) is 136 Å². The van der Waals surface area contributed by atoms with Gasteiger partial charge in [0, 0.05) is 0 Å². The molecule has 0 aliphatic carbocycles. The van der Waals surface area contributed by atoms with Crippen molar-refractivity contribution in [2.45, 2.75) is 13.8 Å². The molecule has 0 atom stereocenters. The molecule has 0 heterocycles. The molecule has 0 bridgehead atoms. The van der Waals surface area contributed by atoms with Crippen LogP contribution in [0.3, 0.4) is 0 Å². The highest BCUT2D eigenvalue weighted by atomic mass is 16.3. The summed E-state index contributed by atoms with van der Waals surface area (Å²) in [6.45, 7) is 3.66. The second-order valence-corrected chi connectivity index (χ2v) is 4.75. The van der Waals surface area contributed by atoms with Crippen LogP contribution in [-0.4, -0.2) is 10.2 Å². The molecule has 6 heteroatoms. The predicted octanol–water partition coefficient (Wildman–Crippen LogP) is 2.89. The van der Waals surface area contributed by atoms with E-state index < -0.39 is 0 Å². The minimum Gasteiger partial charge on any atom is -0.507 e. The summed E-state index contributed by atoms with van der Waals surface area (Å²) < 4.78 is 0. The second-order valence-electron chi connectivity index (χ2n) is 4.75. The summed E-state index contributed by atoms with van der Waals surface area (Å²) in [6.07, 6.45) is 0. The van der Waals surface area contributed by atoms with Crippen LogP contribution in [-0.2, 0) is 0 Å². The number of aromatic hydroxyl groups is 2. The minimum atomic E-state index is -0.299. The van der Waals surface area contributed by atoms with Crippen LogP contribution in [0.1, 0.15) is 33.4 Å². The Bertz CT molecular complexity index is 794. The lowest BCUT2D eigenvalue weighted by molar-refractivity contribution is 0.457. The quantitative estimate of drug-likeness (QED) is 0.717. The molecule has 116 valence electrons. The first-order chi connectivity index (χ1) is 11.4. The Morgan fingerprint density at radius 2 is 0.875 bits per heavy atom. The SMILES string of the molecule is Cc1ccc(C)c(C#N)c1C#N.N#Cc1c(O)ccc(O)c1C#N. The van der Waals surface area contributed by atoms with Crippen molar-refractivity contribution in [2.75, 3.05) is 0 Å². The lowest BCUT2D eigenvalue weighted by Crippen LogP contribution is -1.91. The maximum absolute atomic E-state index is 9.06. The maximum atomic E-state index is 9.06. The third-order valence-corrected chi connectivity index (χ3v) is 3.23. The average Bonchev–Trinajstić information content (AvgIpc) is 2.58. The molecule has 0 unspecified atom stereocenters. The van der Waals surface area contributed by atoms with Crippen molar-refractivity contribution in [1.82, 2.24) is 0 Å². The van der Waals surface area contributed by atoms with Gasteiger partial charge in [-0.05, 0) is 37.1 Å². The first-order valence-corrected chi connectivity index (χ1v) is 6.66. The molecule has 6 nitrogen and oxygen atoms in total. The Labute approximate surface area is 139 Å². The summed E-state index contributed by atoms with van der Waals surface area (Å²) in [5, 5.41) is 52.6. The number of hydrogen-bond acceptors (Lipinski definition) is 6. The number of nitrogens with zero attached hydrogens (tertiary/aromatic N) is 4. The highest BCUT2D eigenvalue weighted by Crippen LogP contribution is 2.26. The van der Waals surface area contributed by atoms with Gasteiger partial charge in [0.1, 0.15) is 46.9 Å². The average molecular weight is 316 g/mol. The van der Waals surface area contributed by atoms with Crippen LogP contribution >= 0.6 is 0 Å². The first-order valence-electron chi connectivity index (χ1n) is 6.66. The fourth-order valence-corrected chi connectivity index (χ4v) is 1.91. The molecule has 0 aromatic heterocycles. The number of benzene rings is 2. The molecular weight excluding hydrogens is 304 g/mol. The zero-order valence-corrected chi connectivity index (χ0v) is 13.0. The number of aryl methyl sites for hydroxylation is 2. The van der Waals surface area contributed by atoms with Gasteiger partial charge in [0.2, 0.25) is 0 Å². The van der Waals surface area contributed by atoms with Crippen LogP contribution in [0.4, 0.5) is 0 Å². The summed E-state index contributed by atoms with van der Waals surface area (Å²) in [4.78, 5) is 0. The van der Waals surface area contributed by atoms with Crippen LogP contribution in [0, 0.1) is 59.2 Å². The standard InChI is InChI=1S/C10H8N2.C8H4N2O2/c1-7-3-4-8(2)10(6-12)9(7)5-11;9-3-5-6(4-10)8(12)2-1-7(5)11/h3-4H,1-2H3;1-2,11-12H. The summed E-state index contributed by atoms with van der Waals surface area (Å²) in [5.41, 5.74) is 2.32. The molecule has 0 aliphatic rings. The van der Waals surface area contributed by atoms with E-state index in [-0.39, 0.29) is 22.6 Å². The second kappa shape index (κ2) is 7.85. The summed E-state index contributed by atoms with van der Waals surface area (Å²) in [5.74, 6) is -0.598. The maximum Gasteiger partial charge on any atom is 0.134 e. The van der Waals surface area contributed by atoms with E-state index in [1.165, 1.54) is 0 Å². The normalized spacial score (nSPS) is 8.58. The van der Waals surface area contributed by atoms with Crippen molar-refractivity contribution in [3.63, 3.8) is 0 Å². The van der Waals surface area contributed by atoms with E-state index >= 15 is 0 Å². The van der Waals surface area contributed by atoms with Gasteiger partial charge in [-0.2, -0.15) is 21.0 Å². The lowest BCUT2D eigenvalue weighted by Gasteiger charge is -2.01. The fraction of sp³-hybridized carbons (Fsp3) is 0.111. The van der Waals surface area contributed by atoms with Gasteiger partial charge < -0.3 is 10.2 Å². The molecule has 2 aromatic carbocycles. The summed E-state index contributed by atoms with van der Waals surface area (Å²) in [7, 11) is 0. The molecule has 0 fully saturated rings.